The van der Waals surface area contributed by atoms with Crippen LogP contribution in [0.2, 0.25) is 0 Å². The molecule has 0 bridgehead atoms. The molecule has 1 aliphatic carbocycles. The maximum Gasteiger partial charge on any atom is 0.127 e. The third-order valence-electron chi connectivity index (χ3n) is 6.24. The minimum Gasteiger partial charge on any atom is -0.497 e. The van der Waals surface area contributed by atoms with Gasteiger partial charge in [-0.25, -0.2) is 0 Å². The Kier molecular flexibility index (Phi) is 4.67. The number of methoxy groups -OCH3 is 3. The Labute approximate surface area is 182 Å². The van der Waals surface area contributed by atoms with Crippen LogP contribution in [0.25, 0.3) is 11.1 Å². The van der Waals surface area contributed by atoms with E-state index in [-0.39, 0.29) is 0 Å². The van der Waals surface area contributed by atoms with E-state index in [0.29, 0.717) is 0 Å². The van der Waals surface area contributed by atoms with Crippen molar-refractivity contribution in [1.29, 1.82) is 0 Å². The molecule has 0 amide bonds. The van der Waals surface area contributed by atoms with Gasteiger partial charge in [-0.2, -0.15) is 0 Å². The van der Waals surface area contributed by atoms with E-state index in [1.165, 1.54) is 16.7 Å². The van der Waals surface area contributed by atoms with Gasteiger partial charge in [0.1, 0.15) is 17.2 Å². The summed E-state index contributed by atoms with van der Waals surface area (Å²) in [6, 6.07) is 31.7. The molecule has 4 aromatic carbocycles. The number of rotatable bonds is 5. The Morgan fingerprint density at radius 3 is 1.68 bits per heavy atom. The summed E-state index contributed by atoms with van der Waals surface area (Å²) in [5.41, 5.74) is 6.40. The lowest BCUT2D eigenvalue weighted by Gasteiger charge is -2.34. The van der Waals surface area contributed by atoms with E-state index in [0.717, 1.165) is 33.9 Å². The SMILES string of the molecule is COc1ccc2c(c1)-c1cc(OC)cc(OC)c1C2(c1ccccc1)c1ccccc1. The summed E-state index contributed by atoms with van der Waals surface area (Å²) in [5.74, 6) is 2.39. The maximum absolute atomic E-state index is 5.97. The smallest absolute Gasteiger partial charge is 0.127 e. The molecule has 0 saturated heterocycles. The number of fused-ring (bicyclic) bond motifs is 3. The van der Waals surface area contributed by atoms with Gasteiger partial charge in [0.15, 0.2) is 0 Å². The third-order valence-corrected chi connectivity index (χ3v) is 6.24. The predicted octanol–water partition coefficient (Wildman–Crippen LogP) is 6.08. The highest BCUT2D eigenvalue weighted by Crippen LogP contribution is 2.60. The highest BCUT2D eigenvalue weighted by atomic mass is 16.5. The maximum atomic E-state index is 5.97. The summed E-state index contributed by atoms with van der Waals surface area (Å²) >= 11 is 0. The van der Waals surface area contributed by atoms with Crippen molar-refractivity contribution in [2.24, 2.45) is 0 Å². The van der Waals surface area contributed by atoms with Crippen molar-refractivity contribution in [3.05, 3.63) is 113 Å². The van der Waals surface area contributed by atoms with Crippen LogP contribution in [0.15, 0.2) is 91.0 Å². The Balaban J connectivity index is 2.00. The molecule has 154 valence electrons. The molecule has 31 heavy (non-hydrogen) atoms. The average Bonchev–Trinajstić information content (AvgIpc) is 3.15. The van der Waals surface area contributed by atoms with Crippen LogP contribution in [-0.4, -0.2) is 21.3 Å². The fourth-order valence-electron chi connectivity index (χ4n) is 4.95. The Bertz CT molecular complexity index is 1190. The molecule has 0 spiro atoms. The molecule has 0 aliphatic heterocycles. The molecule has 5 rings (SSSR count). The van der Waals surface area contributed by atoms with Gasteiger partial charge in [0.2, 0.25) is 0 Å². The first kappa shape index (κ1) is 19.3. The molecule has 0 aromatic heterocycles. The standard InChI is InChI=1S/C28H24O3/c1-29-21-14-15-25-23(16-21)24-17-22(30-2)18-26(31-3)27(24)28(25,19-10-6-4-7-11-19)20-12-8-5-9-13-20/h4-18H,1-3H3. The highest BCUT2D eigenvalue weighted by Gasteiger charge is 2.48. The fraction of sp³-hybridized carbons (Fsp3) is 0.143. The second-order valence-electron chi connectivity index (χ2n) is 7.65. The first-order valence-corrected chi connectivity index (χ1v) is 10.3. The second-order valence-corrected chi connectivity index (χ2v) is 7.65. The topological polar surface area (TPSA) is 27.7 Å². The molecule has 0 radical (unpaired) electrons. The predicted molar refractivity (Wildman–Crippen MR) is 123 cm³/mol. The van der Waals surface area contributed by atoms with Gasteiger partial charge >= 0.3 is 0 Å². The van der Waals surface area contributed by atoms with Crippen molar-refractivity contribution in [1.82, 2.24) is 0 Å². The van der Waals surface area contributed by atoms with Crippen LogP contribution in [-0.2, 0) is 5.41 Å². The zero-order chi connectivity index (χ0) is 21.4. The normalized spacial score (nSPS) is 13.3. The zero-order valence-electron chi connectivity index (χ0n) is 17.9. The van der Waals surface area contributed by atoms with Crippen LogP contribution in [0.1, 0.15) is 22.3 Å². The molecule has 1 aliphatic rings. The van der Waals surface area contributed by atoms with Gasteiger partial charge < -0.3 is 14.2 Å². The lowest BCUT2D eigenvalue weighted by Crippen LogP contribution is -2.29. The van der Waals surface area contributed by atoms with E-state index in [1.807, 2.05) is 12.1 Å². The molecule has 0 fully saturated rings. The summed E-state index contributed by atoms with van der Waals surface area (Å²) in [4.78, 5) is 0. The van der Waals surface area contributed by atoms with Gasteiger partial charge in [0.25, 0.3) is 0 Å². The van der Waals surface area contributed by atoms with Gasteiger partial charge in [-0.05, 0) is 46.0 Å². The third kappa shape index (κ3) is 2.73. The molecule has 0 atom stereocenters. The van der Waals surface area contributed by atoms with Crippen LogP contribution >= 0.6 is 0 Å². The van der Waals surface area contributed by atoms with Gasteiger partial charge in [0, 0.05) is 11.6 Å². The van der Waals surface area contributed by atoms with Crippen molar-refractivity contribution in [3.8, 4) is 28.4 Å². The molecule has 0 saturated carbocycles. The lowest BCUT2D eigenvalue weighted by molar-refractivity contribution is 0.389. The van der Waals surface area contributed by atoms with Crippen LogP contribution in [0.4, 0.5) is 0 Å². The summed E-state index contributed by atoms with van der Waals surface area (Å²) in [5, 5.41) is 0. The number of hydrogen-bond donors (Lipinski definition) is 0. The Morgan fingerprint density at radius 2 is 1.13 bits per heavy atom. The second kappa shape index (κ2) is 7.51. The zero-order valence-corrected chi connectivity index (χ0v) is 17.9. The number of benzene rings is 4. The van der Waals surface area contributed by atoms with Crippen molar-refractivity contribution in [2.45, 2.75) is 5.41 Å². The van der Waals surface area contributed by atoms with Gasteiger partial charge in [0.05, 0.1) is 26.7 Å². The highest BCUT2D eigenvalue weighted by molar-refractivity contribution is 5.89. The van der Waals surface area contributed by atoms with Crippen molar-refractivity contribution >= 4 is 0 Å². The molecule has 0 heterocycles. The average molecular weight is 408 g/mol. The monoisotopic (exact) mass is 408 g/mol. The number of hydrogen-bond acceptors (Lipinski definition) is 3. The van der Waals surface area contributed by atoms with Gasteiger partial charge in [-0.3, -0.25) is 0 Å². The number of ether oxygens (including phenoxy) is 3. The molecule has 3 heteroatoms. The van der Waals surface area contributed by atoms with E-state index >= 15 is 0 Å². The fourth-order valence-corrected chi connectivity index (χ4v) is 4.95. The Morgan fingerprint density at radius 1 is 0.548 bits per heavy atom. The molecular weight excluding hydrogens is 384 g/mol. The summed E-state index contributed by atoms with van der Waals surface area (Å²) < 4.78 is 17.2. The molecule has 0 N–H and O–H groups in total. The van der Waals surface area contributed by atoms with Gasteiger partial charge in [-0.15, -0.1) is 0 Å². The first-order valence-electron chi connectivity index (χ1n) is 10.3. The summed E-state index contributed by atoms with van der Waals surface area (Å²) in [6.07, 6.45) is 0. The van der Waals surface area contributed by atoms with E-state index < -0.39 is 5.41 Å². The molecular formula is C28H24O3. The minimum atomic E-state index is -0.517. The largest absolute Gasteiger partial charge is 0.497 e. The summed E-state index contributed by atoms with van der Waals surface area (Å²) in [6.45, 7) is 0. The van der Waals surface area contributed by atoms with Gasteiger partial charge in [-0.1, -0.05) is 66.7 Å². The van der Waals surface area contributed by atoms with Crippen molar-refractivity contribution < 1.29 is 14.2 Å². The van der Waals surface area contributed by atoms with E-state index in [2.05, 4.69) is 78.9 Å². The quantitative estimate of drug-likeness (QED) is 0.353. The summed E-state index contributed by atoms with van der Waals surface area (Å²) in [7, 11) is 5.11. The minimum absolute atomic E-state index is 0.517. The molecule has 4 aromatic rings. The van der Waals surface area contributed by atoms with Crippen LogP contribution in [0, 0.1) is 0 Å². The van der Waals surface area contributed by atoms with Crippen molar-refractivity contribution in [2.75, 3.05) is 21.3 Å². The van der Waals surface area contributed by atoms with Crippen LogP contribution in [0.3, 0.4) is 0 Å². The van der Waals surface area contributed by atoms with Crippen LogP contribution in [0.5, 0.6) is 17.2 Å². The molecule has 0 unspecified atom stereocenters. The Hall–Kier alpha value is -3.72. The lowest BCUT2D eigenvalue weighted by atomic mass is 9.67. The van der Waals surface area contributed by atoms with E-state index in [1.54, 1.807) is 21.3 Å². The van der Waals surface area contributed by atoms with Crippen molar-refractivity contribution in [3.63, 3.8) is 0 Å². The van der Waals surface area contributed by atoms with Crippen LogP contribution < -0.4 is 14.2 Å². The van der Waals surface area contributed by atoms with E-state index in [4.69, 9.17) is 14.2 Å². The first-order chi connectivity index (χ1) is 15.2. The van der Waals surface area contributed by atoms with E-state index in [9.17, 15) is 0 Å². The molecule has 3 nitrogen and oxygen atoms in total.